The molecule has 0 saturated heterocycles. The highest BCUT2D eigenvalue weighted by atomic mass is 79.9. The van der Waals surface area contributed by atoms with Crippen LogP contribution in [0.15, 0.2) is 33.2 Å². The van der Waals surface area contributed by atoms with Crippen LogP contribution in [-0.4, -0.2) is 5.11 Å². The molecule has 0 bridgehead atoms. The first-order valence-corrected chi connectivity index (χ1v) is 7.72. The van der Waals surface area contributed by atoms with Crippen molar-refractivity contribution in [3.63, 3.8) is 0 Å². The quantitative estimate of drug-likeness (QED) is 0.669. The molecule has 1 N–H and O–H groups in total. The maximum absolute atomic E-state index is 10.2. The van der Waals surface area contributed by atoms with E-state index in [2.05, 4.69) is 31.9 Å². The first-order chi connectivity index (χ1) is 7.99. The van der Waals surface area contributed by atoms with Gasteiger partial charge in [0.05, 0.1) is 5.02 Å². The smallest absolute Gasteiger partial charge is 0.113 e. The van der Waals surface area contributed by atoms with E-state index in [1.807, 2.05) is 6.07 Å². The Morgan fingerprint density at radius 1 is 1.12 bits per heavy atom. The summed E-state index contributed by atoms with van der Waals surface area (Å²) in [7, 11) is 0. The number of thiophene rings is 1. The average molecular weight is 417 g/mol. The van der Waals surface area contributed by atoms with E-state index in [4.69, 9.17) is 23.2 Å². The zero-order chi connectivity index (χ0) is 12.6. The number of rotatable bonds is 2. The summed E-state index contributed by atoms with van der Waals surface area (Å²) in [4.78, 5) is 0.788. The Balaban J connectivity index is 2.36. The summed E-state index contributed by atoms with van der Waals surface area (Å²) in [5, 5.41) is 10.8. The first-order valence-electron chi connectivity index (χ1n) is 4.57. The predicted octanol–water partition coefficient (Wildman–Crippen LogP) is 5.66. The summed E-state index contributed by atoms with van der Waals surface area (Å²) in [5.41, 5.74) is 0.770. The predicted molar refractivity (Wildman–Crippen MR) is 80.2 cm³/mol. The average Bonchev–Trinajstić information content (AvgIpc) is 2.62. The molecule has 0 fully saturated rings. The van der Waals surface area contributed by atoms with E-state index in [0.717, 1.165) is 19.4 Å². The van der Waals surface area contributed by atoms with Crippen LogP contribution in [0.3, 0.4) is 0 Å². The van der Waals surface area contributed by atoms with Gasteiger partial charge in [0.2, 0.25) is 0 Å². The van der Waals surface area contributed by atoms with Crippen LogP contribution < -0.4 is 0 Å². The van der Waals surface area contributed by atoms with Crippen LogP contribution in [0.5, 0.6) is 0 Å². The van der Waals surface area contributed by atoms with Gasteiger partial charge in [-0.05, 0) is 55.6 Å². The summed E-state index contributed by atoms with van der Waals surface area (Å²) in [6.45, 7) is 0. The topological polar surface area (TPSA) is 20.2 Å². The number of halogens is 4. The lowest BCUT2D eigenvalue weighted by Gasteiger charge is -2.09. The van der Waals surface area contributed by atoms with Crippen molar-refractivity contribution in [3.05, 3.63) is 53.0 Å². The molecule has 0 saturated carbocycles. The number of hydrogen-bond donors (Lipinski definition) is 1. The molecule has 17 heavy (non-hydrogen) atoms. The van der Waals surface area contributed by atoms with Gasteiger partial charge in [0.15, 0.2) is 0 Å². The van der Waals surface area contributed by atoms with Crippen molar-refractivity contribution < 1.29 is 5.11 Å². The molecule has 1 unspecified atom stereocenters. The second-order valence-electron chi connectivity index (χ2n) is 3.35. The van der Waals surface area contributed by atoms with Crippen LogP contribution in [0.4, 0.5) is 0 Å². The van der Waals surface area contributed by atoms with E-state index in [1.54, 1.807) is 18.2 Å². The fraction of sp³-hybridized carbons (Fsp3) is 0.0909. The number of aliphatic hydroxyl groups is 1. The van der Waals surface area contributed by atoms with Gasteiger partial charge in [-0.15, -0.1) is 11.3 Å². The minimum Gasteiger partial charge on any atom is -0.383 e. The summed E-state index contributed by atoms with van der Waals surface area (Å²) in [6, 6.07) is 7.16. The van der Waals surface area contributed by atoms with Crippen molar-refractivity contribution in [3.8, 4) is 0 Å². The summed E-state index contributed by atoms with van der Waals surface area (Å²) in [5.74, 6) is 0. The van der Waals surface area contributed by atoms with E-state index >= 15 is 0 Å². The lowest BCUT2D eigenvalue weighted by atomic mass is 10.1. The zero-order valence-corrected chi connectivity index (χ0v) is 13.8. The molecule has 1 aromatic heterocycles. The molecule has 6 heteroatoms. The normalized spacial score (nSPS) is 12.8. The molecular weight excluding hydrogens is 411 g/mol. The van der Waals surface area contributed by atoms with Crippen molar-refractivity contribution in [1.82, 2.24) is 0 Å². The third-order valence-electron chi connectivity index (χ3n) is 2.19. The largest absolute Gasteiger partial charge is 0.383 e. The van der Waals surface area contributed by atoms with Gasteiger partial charge in [0.25, 0.3) is 0 Å². The third-order valence-corrected chi connectivity index (χ3v) is 5.93. The Labute approximate surface area is 130 Å². The molecule has 0 aliphatic rings. The standard InChI is InChI=1S/C11H6Br2Cl2OS/c12-6-3-5(1-2-8(6)14)10(16)9-4-7(13)11(15)17-9/h1-4,10,16H. The van der Waals surface area contributed by atoms with Gasteiger partial charge in [0.1, 0.15) is 10.4 Å². The summed E-state index contributed by atoms with van der Waals surface area (Å²) in [6.07, 6.45) is -0.697. The number of aliphatic hydroxyl groups excluding tert-OH is 1. The molecule has 0 amide bonds. The van der Waals surface area contributed by atoms with Gasteiger partial charge >= 0.3 is 0 Å². The minimum absolute atomic E-state index is 0.617. The van der Waals surface area contributed by atoms with Gasteiger partial charge in [-0.3, -0.25) is 0 Å². The van der Waals surface area contributed by atoms with Crippen molar-refractivity contribution in [2.75, 3.05) is 0 Å². The van der Waals surface area contributed by atoms with Crippen molar-refractivity contribution >= 4 is 66.4 Å². The van der Waals surface area contributed by atoms with Crippen molar-refractivity contribution in [2.45, 2.75) is 6.10 Å². The van der Waals surface area contributed by atoms with E-state index in [1.165, 1.54) is 11.3 Å². The SMILES string of the molecule is OC(c1ccc(Cl)c(Br)c1)c1cc(Br)c(Cl)s1. The molecule has 0 spiro atoms. The molecule has 0 aliphatic carbocycles. The van der Waals surface area contributed by atoms with Crippen LogP contribution in [0, 0.1) is 0 Å². The molecular formula is C11H6Br2Cl2OS. The maximum atomic E-state index is 10.2. The van der Waals surface area contributed by atoms with Crippen molar-refractivity contribution in [2.24, 2.45) is 0 Å². The van der Waals surface area contributed by atoms with Crippen LogP contribution >= 0.6 is 66.4 Å². The molecule has 2 aromatic rings. The van der Waals surface area contributed by atoms with Gasteiger partial charge in [-0.2, -0.15) is 0 Å². The Hall–Kier alpha value is 0.420. The monoisotopic (exact) mass is 414 g/mol. The second kappa shape index (κ2) is 5.59. The van der Waals surface area contributed by atoms with Crippen LogP contribution in [0.2, 0.25) is 9.36 Å². The zero-order valence-electron chi connectivity index (χ0n) is 8.25. The Kier molecular flexibility index (Phi) is 4.55. The van der Waals surface area contributed by atoms with Crippen LogP contribution in [-0.2, 0) is 0 Å². The van der Waals surface area contributed by atoms with Crippen LogP contribution in [0.1, 0.15) is 16.5 Å². The summed E-state index contributed by atoms with van der Waals surface area (Å²) < 4.78 is 2.19. The molecule has 1 heterocycles. The molecule has 1 atom stereocenters. The highest BCUT2D eigenvalue weighted by Gasteiger charge is 2.16. The first kappa shape index (κ1) is 13.8. The van der Waals surface area contributed by atoms with Crippen molar-refractivity contribution in [1.29, 1.82) is 0 Å². The van der Waals surface area contributed by atoms with E-state index in [0.29, 0.717) is 9.36 Å². The Morgan fingerprint density at radius 3 is 2.35 bits per heavy atom. The van der Waals surface area contributed by atoms with Gasteiger partial charge in [-0.25, -0.2) is 0 Å². The van der Waals surface area contributed by atoms with E-state index in [9.17, 15) is 5.11 Å². The second-order valence-corrected chi connectivity index (χ2v) is 7.15. The van der Waals surface area contributed by atoms with Crippen LogP contribution in [0.25, 0.3) is 0 Å². The number of hydrogen-bond acceptors (Lipinski definition) is 2. The van der Waals surface area contributed by atoms with E-state index in [-0.39, 0.29) is 0 Å². The summed E-state index contributed by atoms with van der Waals surface area (Å²) >= 11 is 19.9. The molecule has 2 rings (SSSR count). The van der Waals surface area contributed by atoms with E-state index < -0.39 is 6.10 Å². The molecule has 0 radical (unpaired) electrons. The highest BCUT2D eigenvalue weighted by molar-refractivity contribution is 9.11. The van der Waals surface area contributed by atoms with Gasteiger partial charge < -0.3 is 5.11 Å². The lowest BCUT2D eigenvalue weighted by molar-refractivity contribution is 0.224. The molecule has 1 aromatic carbocycles. The minimum atomic E-state index is -0.697. The Bertz CT molecular complexity index is 537. The maximum Gasteiger partial charge on any atom is 0.113 e. The fourth-order valence-corrected chi connectivity index (χ4v) is 3.61. The lowest BCUT2D eigenvalue weighted by Crippen LogP contribution is -1.96. The molecule has 1 nitrogen and oxygen atoms in total. The van der Waals surface area contributed by atoms with Gasteiger partial charge in [-0.1, -0.05) is 29.3 Å². The fourth-order valence-electron chi connectivity index (χ4n) is 1.34. The molecule has 90 valence electrons. The highest BCUT2D eigenvalue weighted by Crippen LogP contribution is 2.38. The molecule has 0 aliphatic heterocycles. The third kappa shape index (κ3) is 3.06. The number of benzene rings is 1. The Morgan fingerprint density at radius 2 is 1.82 bits per heavy atom. The van der Waals surface area contributed by atoms with Gasteiger partial charge in [0, 0.05) is 13.8 Å².